The lowest BCUT2D eigenvalue weighted by molar-refractivity contribution is 0.500. The molecule has 17 heavy (non-hydrogen) atoms. The minimum atomic E-state index is 0.603. The van der Waals surface area contributed by atoms with Gasteiger partial charge in [-0.1, -0.05) is 38.1 Å². The van der Waals surface area contributed by atoms with Crippen LogP contribution in [0.1, 0.15) is 37.6 Å². The fraction of sp³-hybridized carbons (Fsp3) is 0.357. The van der Waals surface area contributed by atoms with Crippen LogP contribution in [0.25, 0.3) is 11.3 Å². The molecule has 0 saturated carbocycles. The Morgan fingerprint density at radius 3 is 2.41 bits per heavy atom. The van der Waals surface area contributed by atoms with Gasteiger partial charge in [0.25, 0.3) is 0 Å². The minimum Gasteiger partial charge on any atom is -0.434 e. The first-order valence-corrected chi connectivity index (χ1v) is 6.64. The summed E-state index contributed by atoms with van der Waals surface area (Å²) in [5.74, 6) is 1.28. The monoisotopic (exact) mass is 293 g/mol. The van der Waals surface area contributed by atoms with Crippen molar-refractivity contribution in [1.82, 2.24) is 4.98 Å². The molecule has 3 heteroatoms. The zero-order valence-electron chi connectivity index (χ0n) is 10.3. The molecule has 2 rings (SSSR count). The van der Waals surface area contributed by atoms with Gasteiger partial charge in [0.15, 0.2) is 10.6 Å². The lowest BCUT2D eigenvalue weighted by Gasteiger charge is -2.08. The molecule has 0 aliphatic heterocycles. The summed E-state index contributed by atoms with van der Waals surface area (Å²) in [6, 6.07) is 8.53. The average Bonchev–Trinajstić information content (AvgIpc) is 2.68. The van der Waals surface area contributed by atoms with Crippen molar-refractivity contribution in [3.8, 4) is 11.3 Å². The lowest BCUT2D eigenvalue weighted by atomic mass is 9.97. The zero-order valence-corrected chi connectivity index (χ0v) is 11.9. The first kappa shape index (κ1) is 12.4. The minimum absolute atomic E-state index is 0.603. The van der Waals surface area contributed by atoms with Gasteiger partial charge in [-0.05, 0) is 33.8 Å². The van der Waals surface area contributed by atoms with Crippen LogP contribution in [0.5, 0.6) is 0 Å². The van der Waals surface area contributed by atoms with Crippen molar-refractivity contribution < 1.29 is 4.42 Å². The molecular formula is C14H16BrNO. The second-order valence-electron chi connectivity index (χ2n) is 4.29. The van der Waals surface area contributed by atoms with Gasteiger partial charge in [-0.25, -0.2) is 4.98 Å². The lowest BCUT2D eigenvalue weighted by Crippen LogP contribution is -1.90. The Morgan fingerprint density at radius 2 is 1.94 bits per heavy atom. The van der Waals surface area contributed by atoms with Crippen LogP contribution >= 0.6 is 15.9 Å². The summed E-state index contributed by atoms with van der Waals surface area (Å²) in [5.41, 5.74) is 3.33. The van der Waals surface area contributed by atoms with Crippen molar-refractivity contribution in [2.24, 2.45) is 0 Å². The molecule has 1 heterocycles. The Labute approximate surface area is 110 Å². The fourth-order valence-corrected chi connectivity index (χ4v) is 2.34. The summed E-state index contributed by atoms with van der Waals surface area (Å²) >= 11 is 3.39. The van der Waals surface area contributed by atoms with Crippen LogP contribution in [-0.2, 0) is 0 Å². The second-order valence-corrected chi connectivity index (χ2v) is 5.01. The number of hydrogen-bond acceptors (Lipinski definition) is 2. The molecule has 1 unspecified atom stereocenters. The van der Waals surface area contributed by atoms with E-state index in [-0.39, 0.29) is 0 Å². The molecule has 0 radical (unpaired) electrons. The van der Waals surface area contributed by atoms with Crippen LogP contribution in [-0.4, -0.2) is 4.98 Å². The molecule has 0 bridgehead atoms. The number of halogens is 1. The van der Waals surface area contributed by atoms with Crippen LogP contribution < -0.4 is 0 Å². The van der Waals surface area contributed by atoms with Crippen molar-refractivity contribution in [2.45, 2.75) is 33.1 Å². The van der Waals surface area contributed by atoms with E-state index < -0.39 is 0 Å². The Hall–Kier alpha value is -1.09. The predicted molar refractivity (Wildman–Crippen MR) is 73.1 cm³/mol. The number of benzene rings is 1. The zero-order chi connectivity index (χ0) is 12.4. The van der Waals surface area contributed by atoms with Gasteiger partial charge in [0.1, 0.15) is 5.69 Å². The highest BCUT2D eigenvalue weighted by Crippen LogP contribution is 2.29. The van der Waals surface area contributed by atoms with E-state index in [2.05, 4.69) is 59.0 Å². The molecular weight excluding hydrogens is 278 g/mol. The highest BCUT2D eigenvalue weighted by Gasteiger charge is 2.11. The van der Waals surface area contributed by atoms with Crippen LogP contribution in [0.4, 0.5) is 0 Å². The number of oxazole rings is 1. The van der Waals surface area contributed by atoms with E-state index in [1.807, 2.05) is 6.92 Å². The normalized spacial score (nSPS) is 12.7. The molecule has 1 aromatic carbocycles. The number of rotatable bonds is 3. The summed E-state index contributed by atoms with van der Waals surface area (Å²) in [5, 5.41) is 0. The molecule has 0 aliphatic rings. The topological polar surface area (TPSA) is 26.0 Å². The first-order chi connectivity index (χ1) is 8.11. The molecule has 2 aromatic rings. The number of aryl methyl sites for hydroxylation is 1. The largest absolute Gasteiger partial charge is 0.434 e. The molecule has 0 fully saturated rings. The Balaban J connectivity index is 2.32. The maximum Gasteiger partial charge on any atom is 0.197 e. The molecule has 90 valence electrons. The quantitative estimate of drug-likeness (QED) is 0.802. The Bertz CT molecular complexity index is 501. The maximum absolute atomic E-state index is 5.37. The number of aromatic nitrogens is 1. The van der Waals surface area contributed by atoms with Gasteiger partial charge in [0.2, 0.25) is 0 Å². The van der Waals surface area contributed by atoms with E-state index in [1.54, 1.807) is 0 Å². The summed E-state index contributed by atoms with van der Waals surface area (Å²) < 4.78 is 6.07. The molecule has 0 saturated heterocycles. The van der Waals surface area contributed by atoms with E-state index in [9.17, 15) is 0 Å². The third-order valence-electron chi connectivity index (χ3n) is 3.06. The maximum atomic E-state index is 5.37. The molecule has 1 atom stereocenters. The van der Waals surface area contributed by atoms with Gasteiger partial charge in [-0.3, -0.25) is 0 Å². The van der Waals surface area contributed by atoms with E-state index in [0.29, 0.717) is 16.5 Å². The number of hydrogen-bond donors (Lipinski definition) is 0. The third-order valence-corrected chi connectivity index (χ3v) is 3.60. The average molecular weight is 294 g/mol. The highest BCUT2D eigenvalue weighted by molar-refractivity contribution is 9.10. The van der Waals surface area contributed by atoms with Crippen LogP contribution in [0.15, 0.2) is 33.4 Å². The van der Waals surface area contributed by atoms with E-state index >= 15 is 0 Å². The number of nitrogens with zero attached hydrogens (tertiary/aromatic N) is 1. The van der Waals surface area contributed by atoms with E-state index in [1.165, 1.54) is 5.56 Å². The third kappa shape index (κ3) is 2.60. The SMILES string of the molecule is CCC(C)c1ccc(-c2nc(C)oc2Br)cc1. The predicted octanol–water partition coefficient (Wildman–Crippen LogP) is 4.93. The van der Waals surface area contributed by atoms with Crippen LogP contribution in [0.3, 0.4) is 0 Å². The van der Waals surface area contributed by atoms with Crippen molar-refractivity contribution in [3.05, 3.63) is 40.4 Å². The summed E-state index contributed by atoms with van der Waals surface area (Å²) in [4.78, 5) is 4.36. The molecule has 0 spiro atoms. The van der Waals surface area contributed by atoms with Gasteiger partial charge in [0, 0.05) is 12.5 Å². The van der Waals surface area contributed by atoms with Crippen molar-refractivity contribution in [1.29, 1.82) is 0 Å². The molecule has 0 aliphatic carbocycles. The molecule has 0 amide bonds. The van der Waals surface area contributed by atoms with Gasteiger partial charge >= 0.3 is 0 Å². The molecule has 2 nitrogen and oxygen atoms in total. The molecule has 1 aromatic heterocycles. The summed E-state index contributed by atoms with van der Waals surface area (Å²) in [6.07, 6.45) is 1.16. The van der Waals surface area contributed by atoms with E-state index in [0.717, 1.165) is 17.7 Å². The Morgan fingerprint density at radius 1 is 1.29 bits per heavy atom. The highest BCUT2D eigenvalue weighted by atomic mass is 79.9. The van der Waals surface area contributed by atoms with E-state index in [4.69, 9.17) is 4.42 Å². The van der Waals surface area contributed by atoms with Crippen LogP contribution in [0, 0.1) is 6.92 Å². The fourth-order valence-electron chi connectivity index (χ4n) is 1.79. The van der Waals surface area contributed by atoms with Crippen molar-refractivity contribution in [3.63, 3.8) is 0 Å². The van der Waals surface area contributed by atoms with Gasteiger partial charge in [-0.2, -0.15) is 0 Å². The van der Waals surface area contributed by atoms with Gasteiger partial charge < -0.3 is 4.42 Å². The standard InChI is InChI=1S/C14H16BrNO/c1-4-9(2)11-5-7-12(8-6-11)13-14(15)17-10(3)16-13/h5-9H,4H2,1-3H3. The van der Waals surface area contributed by atoms with Crippen molar-refractivity contribution in [2.75, 3.05) is 0 Å². The Kier molecular flexibility index (Phi) is 3.67. The van der Waals surface area contributed by atoms with Gasteiger partial charge in [0.05, 0.1) is 0 Å². The summed E-state index contributed by atoms with van der Waals surface area (Å²) in [6.45, 7) is 6.29. The van der Waals surface area contributed by atoms with Crippen molar-refractivity contribution >= 4 is 15.9 Å². The van der Waals surface area contributed by atoms with Gasteiger partial charge in [-0.15, -0.1) is 0 Å². The first-order valence-electron chi connectivity index (χ1n) is 5.85. The smallest absolute Gasteiger partial charge is 0.197 e. The van der Waals surface area contributed by atoms with Crippen LogP contribution in [0.2, 0.25) is 0 Å². The second kappa shape index (κ2) is 5.05. The summed E-state index contributed by atoms with van der Waals surface area (Å²) in [7, 11) is 0. The molecule has 0 N–H and O–H groups in total.